The highest BCUT2D eigenvalue weighted by molar-refractivity contribution is 5.85. The minimum Gasteiger partial charge on any atom is -0.387 e. The number of aliphatic hydroxyl groups is 1. The lowest BCUT2D eigenvalue weighted by atomic mass is 10.0. The van der Waals surface area contributed by atoms with Crippen LogP contribution in [0.4, 0.5) is 5.82 Å². The Bertz CT molecular complexity index is 803. The van der Waals surface area contributed by atoms with Gasteiger partial charge in [-0.05, 0) is 23.3 Å². The summed E-state index contributed by atoms with van der Waals surface area (Å²) in [5.74, 6) is 0.711. The Balaban J connectivity index is 1.56. The van der Waals surface area contributed by atoms with E-state index in [2.05, 4.69) is 32.4 Å². The molecule has 1 aliphatic rings. The predicted molar refractivity (Wildman–Crippen MR) is 84.6 cm³/mol. The molecule has 0 atom stereocenters. The monoisotopic (exact) mass is 292 g/mol. The zero-order valence-electron chi connectivity index (χ0n) is 12.0. The minimum absolute atomic E-state index is 0.447. The van der Waals surface area contributed by atoms with E-state index in [9.17, 15) is 5.11 Å². The maximum absolute atomic E-state index is 10.8. The molecule has 0 saturated heterocycles. The molecule has 0 radical (unpaired) electrons. The summed E-state index contributed by atoms with van der Waals surface area (Å²) in [5, 5.41) is 15.0. The van der Waals surface area contributed by atoms with Crippen LogP contribution in [0.3, 0.4) is 0 Å². The van der Waals surface area contributed by atoms with Crippen molar-refractivity contribution in [2.75, 3.05) is 11.9 Å². The maximum Gasteiger partial charge on any atom is 0.164 e. The van der Waals surface area contributed by atoms with Gasteiger partial charge in [0.15, 0.2) is 5.65 Å². The summed E-state index contributed by atoms with van der Waals surface area (Å²) in [5.41, 5.74) is 2.33. The van der Waals surface area contributed by atoms with Crippen LogP contribution in [-0.4, -0.2) is 32.2 Å². The Labute approximate surface area is 128 Å². The maximum atomic E-state index is 10.8. The molecular weight excluding hydrogens is 276 g/mol. The van der Waals surface area contributed by atoms with Gasteiger partial charge in [0.1, 0.15) is 12.1 Å². The fourth-order valence-corrected chi connectivity index (χ4v) is 3.08. The molecule has 0 aliphatic heterocycles. The van der Waals surface area contributed by atoms with Gasteiger partial charge < -0.3 is 10.4 Å². The van der Waals surface area contributed by atoms with Crippen molar-refractivity contribution in [3.05, 3.63) is 60.0 Å². The molecule has 22 heavy (non-hydrogen) atoms. The molecule has 0 fully saturated rings. The van der Waals surface area contributed by atoms with Crippen molar-refractivity contribution in [2.45, 2.75) is 18.4 Å². The summed E-state index contributed by atoms with van der Waals surface area (Å²) in [6, 6.07) is 12.0. The van der Waals surface area contributed by atoms with Gasteiger partial charge in [0.05, 0.1) is 11.0 Å². The molecule has 3 aromatic rings. The van der Waals surface area contributed by atoms with E-state index in [1.54, 1.807) is 6.20 Å². The van der Waals surface area contributed by atoms with E-state index in [-0.39, 0.29) is 0 Å². The molecule has 2 N–H and O–H groups in total. The molecule has 2 aromatic heterocycles. The highest BCUT2D eigenvalue weighted by Gasteiger charge is 2.34. The molecule has 1 aliphatic carbocycles. The first kappa shape index (κ1) is 13.2. The molecule has 4 rings (SSSR count). The minimum atomic E-state index is -0.775. The van der Waals surface area contributed by atoms with Crippen molar-refractivity contribution in [1.29, 1.82) is 0 Å². The second kappa shape index (κ2) is 5.03. The number of benzene rings is 1. The van der Waals surface area contributed by atoms with Gasteiger partial charge in [0, 0.05) is 25.6 Å². The van der Waals surface area contributed by atoms with Crippen LogP contribution in [0.25, 0.3) is 11.0 Å². The summed E-state index contributed by atoms with van der Waals surface area (Å²) in [6.45, 7) is 0.447. The molecule has 2 heterocycles. The summed E-state index contributed by atoms with van der Waals surface area (Å²) in [7, 11) is 0. The third-order valence-electron chi connectivity index (χ3n) is 4.15. The van der Waals surface area contributed by atoms with Gasteiger partial charge in [-0.3, -0.25) is 0 Å². The Kier molecular flexibility index (Phi) is 3.01. The van der Waals surface area contributed by atoms with Gasteiger partial charge in [0.2, 0.25) is 0 Å². The van der Waals surface area contributed by atoms with Gasteiger partial charge >= 0.3 is 0 Å². The zero-order chi connectivity index (χ0) is 15.0. The van der Waals surface area contributed by atoms with E-state index in [0.717, 1.165) is 5.39 Å². The Morgan fingerprint density at radius 3 is 2.55 bits per heavy atom. The summed E-state index contributed by atoms with van der Waals surface area (Å²) in [4.78, 5) is 12.6. The zero-order valence-corrected chi connectivity index (χ0v) is 12.0. The van der Waals surface area contributed by atoms with Crippen molar-refractivity contribution in [2.24, 2.45) is 0 Å². The van der Waals surface area contributed by atoms with Crippen LogP contribution in [-0.2, 0) is 12.8 Å². The number of nitrogens with one attached hydrogen (secondary N) is 1. The van der Waals surface area contributed by atoms with Crippen LogP contribution in [0.5, 0.6) is 0 Å². The molecule has 0 unspecified atom stereocenters. The number of nitrogens with zero attached hydrogens (tertiary/aromatic N) is 3. The van der Waals surface area contributed by atoms with E-state index in [4.69, 9.17) is 0 Å². The van der Waals surface area contributed by atoms with Gasteiger partial charge in [-0.25, -0.2) is 15.0 Å². The largest absolute Gasteiger partial charge is 0.387 e. The molecule has 0 amide bonds. The molecule has 5 heteroatoms. The smallest absolute Gasteiger partial charge is 0.164 e. The summed E-state index contributed by atoms with van der Waals surface area (Å²) in [6.07, 6.45) is 4.53. The Hall–Kier alpha value is -2.53. The third-order valence-corrected chi connectivity index (χ3v) is 4.15. The number of aromatic nitrogens is 3. The van der Waals surface area contributed by atoms with Gasteiger partial charge in [0.25, 0.3) is 0 Å². The normalized spacial score (nSPS) is 15.7. The average molecular weight is 292 g/mol. The van der Waals surface area contributed by atoms with Crippen molar-refractivity contribution in [1.82, 2.24) is 15.0 Å². The lowest BCUT2D eigenvalue weighted by Gasteiger charge is -2.23. The van der Waals surface area contributed by atoms with Crippen molar-refractivity contribution in [3.63, 3.8) is 0 Å². The highest BCUT2D eigenvalue weighted by atomic mass is 16.3. The third kappa shape index (κ3) is 2.29. The number of anilines is 1. The van der Waals surface area contributed by atoms with Crippen molar-refractivity contribution >= 4 is 16.9 Å². The lowest BCUT2D eigenvalue weighted by molar-refractivity contribution is 0.0651. The van der Waals surface area contributed by atoms with Gasteiger partial charge in [-0.1, -0.05) is 24.3 Å². The van der Waals surface area contributed by atoms with Crippen LogP contribution in [0.15, 0.2) is 48.9 Å². The summed E-state index contributed by atoms with van der Waals surface area (Å²) >= 11 is 0. The average Bonchev–Trinajstić information content (AvgIpc) is 2.89. The molecule has 0 bridgehead atoms. The van der Waals surface area contributed by atoms with E-state index in [0.29, 0.717) is 30.9 Å². The van der Waals surface area contributed by atoms with Crippen LogP contribution in [0.2, 0.25) is 0 Å². The lowest BCUT2D eigenvalue weighted by Crippen LogP contribution is -2.37. The van der Waals surface area contributed by atoms with Crippen molar-refractivity contribution in [3.8, 4) is 0 Å². The van der Waals surface area contributed by atoms with Crippen LogP contribution in [0.1, 0.15) is 11.1 Å². The standard InChI is InChI=1S/C17H16N4O/c22-17(8-12-4-1-2-5-13(12)9-17)10-19-16-14-6-3-7-18-15(14)20-11-21-16/h1-7,11,22H,8-10H2,(H,18,19,20,21). The topological polar surface area (TPSA) is 70.9 Å². The predicted octanol–water partition coefficient (Wildman–Crippen LogP) is 1.97. The number of hydrogen-bond acceptors (Lipinski definition) is 5. The fraction of sp³-hybridized carbons (Fsp3) is 0.235. The second-order valence-electron chi connectivity index (χ2n) is 5.80. The number of hydrogen-bond donors (Lipinski definition) is 2. The second-order valence-corrected chi connectivity index (χ2v) is 5.80. The van der Waals surface area contributed by atoms with Gasteiger partial charge in [-0.15, -0.1) is 0 Å². The van der Waals surface area contributed by atoms with Crippen molar-refractivity contribution < 1.29 is 5.11 Å². The first-order chi connectivity index (χ1) is 10.7. The first-order valence-corrected chi connectivity index (χ1v) is 7.32. The van der Waals surface area contributed by atoms with Crippen LogP contribution in [0, 0.1) is 0 Å². The van der Waals surface area contributed by atoms with E-state index in [1.165, 1.54) is 17.5 Å². The molecule has 110 valence electrons. The Morgan fingerprint density at radius 2 is 1.77 bits per heavy atom. The van der Waals surface area contributed by atoms with Crippen LogP contribution >= 0.6 is 0 Å². The number of rotatable bonds is 3. The van der Waals surface area contributed by atoms with E-state index < -0.39 is 5.60 Å². The molecular formula is C17H16N4O. The summed E-state index contributed by atoms with van der Waals surface area (Å²) < 4.78 is 0. The van der Waals surface area contributed by atoms with Crippen LogP contribution < -0.4 is 5.32 Å². The molecule has 1 aromatic carbocycles. The van der Waals surface area contributed by atoms with Gasteiger partial charge in [-0.2, -0.15) is 0 Å². The molecule has 5 nitrogen and oxygen atoms in total. The van der Waals surface area contributed by atoms with E-state index in [1.807, 2.05) is 24.3 Å². The van der Waals surface area contributed by atoms with E-state index >= 15 is 0 Å². The molecule has 0 spiro atoms. The molecule has 0 saturated carbocycles. The quantitative estimate of drug-likeness (QED) is 0.772. The number of fused-ring (bicyclic) bond motifs is 2. The SMILES string of the molecule is OC1(CNc2ncnc3ncccc23)Cc2ccccc2C1. The fourth-order valence-electron chi connectivity index (χ4n) is 3.08. The Morgan fingerprint density at radius 1 is 1.00 bits per heavy atom. The highest BCUT2D eigenvalue weighted by Crippen LogP contribution is 2.30. The number of pyridine rings is 1. The first-order valence-electron chi connectivity index (χ1n) is 7.32.